The van der Waals surface area contributed by atoms with Crippen molar-refractivity contribution in [1.29, 1.82) is 0 Å². The highest BCUT2D eigenvalue weighted by atomic mass is 16.5. The van der Waals surface area contributed by atoms with Crippen molar-refractivity contribution >= 4 is 5.97 Å². The van der Waals surface area contributed by atoms with Crippen LogP contribution in [-0.4, -0.2) is 61.1 Å². The van der Waals surface area contributed by atoms with Crippen molar-refractivity contribution in [3.8, 4) is 0 Å². The van der Waals surface area contributed by atoms with Crippen LogP contribution in [0.2, 0.25) is 0 Å². The van der Waals surface area contributed by atoms with E-state index in [2.05, 4.69) is 23.0 Å². The first-order valence-corrected chi connectivity index (χ1v) is 6.85. The van der Waals surface area contributed by atoms with Crippen molar-refractivity contribution in [1.82, 2.24) is 9.80 Å². The van der Waals surface area contributed by atoms with Gasteiger partial charge in [0.05, 0.1) is 6.61 Å². The lowest BCUT2D eigenvalue weighted by Gasteiger charge is -2.40. The molecule has 0 aliphatic carbocycles. The van der Waals surface area contributed by atoms with Gasteiger partial charge < -0.3 is 4.74 Å². The third-order valence-electron chi connectivity index (χ3n) is 3.10. The highest BCUT2D eigenvalue weighted by molar-refractivity contribution is 5.76. The molecule has 0 radical (unpaired) electrons. The van der Waals surface area contributed by atoms with E-state index in [1.165, 1.54) is 0 Å². The van der Waals surface area contributed by atoms with Crippen LogP contribution in [0.15, 0.2) is 24.3 Å². The first kappa shape index (κ1) is 15.9. The fourth-order valence-electron chi connectivity index (χ4n) is 2.40. The second-order valence-corrected chi connectivity index (χ2v) is 5.39. The highest BCUT2D eigenvalue weighted by Crippen LogP contribution is 2.14. The van der Waals surface area contributed by atoms with Crippen molar-refractivity contribution in [2.24, 2.45) is 0 Å². The zero-order valence-corrected chi connectivity index (χ0v) is 12.4. The van der Waals surface area contributed by atoms with Crippen LogP contribution in [0.3, 0.4) is 0 Å². The van der Waals surface area contributed by atoms with E-state index in [-0.39, 0.29) is 12.0 Å². The summed E-state index contributed by atoms with van der Waals surface area (Å²) in [6.45, 7) is 18.3. The van der Waals surface area contributed by atoms with E-state index in [1.54, 1.807) is 0 Å². The van der Waals surface area contributed by atoms with Gasteiger partial charge in [-0.2, -0.15) is 0 Å². The minimum atomic E-state index is -0.190. The number of hydrogen-bond acceptors (Lipinski definition) is 4. The third-order valence-corrected chi connectivity index (χ3v) is 3.10. The Morgan fingerprint density at radius 2 is 1.84 bits per heavy atom. The van der Waals surface area contributed by atoms with Gasteiger partial charge in [-0.15, -0.1) is 0 Å². The molecule has 0 bridgehead atoms. The molecule has 1 aliphatic heterocycles. The molecule has 1 heterocycles. The van der Waals surface area contributed by atoms with Gasteiger partial charge in [0.1, 0.15) is 6.04 Å². The molecule has 0 aromatic heterocycles. The molecule has 0 saturated carbocycles. The minimum Gasteiger partial charge on any atom is -0.465 e. The zero-order valence-electron chi connectivity index (χ0n) is 12.4. The Hall–Kier alpha value is -1.13. The number of hydrogen-bond donors (Lipinski definition) is 0. The molecule has 108 valence electrons. The molecule has 1 aliphatic rings. The average molecular weight is 266 g/mol. The van der Waals surface area contributed by atoms with Gasteiger partial charge in [0.25, 0.3) is 0 Å². The molecule has 4 nitrogen and oxygen atoms in total. The molecule has 0 aromatic rings. The molecule has 4 heteroatoms. The van der Waals surface area contributed by atoms with Crippen LogP contribution >= 0.6 is 0 Å². The number of ether oxygens (including phenoxy) is 1. The topological polar surface area (TPSA) is 32.8 Å². The van der Waals surface area contributed by atoms with Crippen molar-refractivity contribution in [2.45, 2.75) is 26.8 Å². The molecular weight excluding hydrogens is 240 g/mol. The van der Waals surface area contributed by atoms with Crippen LogP contribution in [0, 0.1) is 0 Å². The smallest absolute Gasteiger partial charge is 0.324 e. The van der Waals surface area contributed by atoms with Crippen LogP contribution in [0.4, 0.5) is 0 Å². The number of carbonyl (C=O) groups is 1. The van der Waals surface area contributed by atoms with Crippen molar-refractivity contribution in [3.05, 3.63) is 24.3 Å². The lowest BCUT2D eigenvalue weighted by Crippen LogP contribution is -2.57. The predicted molar refractivity (Wildman–Crippen MR) is 78.1 cm³/mol. The van der Waals surface area contributed by atoms with Gasteiger partial charge in [0.2, 0.25) is 0 Å². The normalized spacial score (nSPS) is 21.1. The van der Waals surface area contributed by atoms with E-state index in [0.717, 1.165) is 37.3 Å². The molecular formula is C15H26N2O2. The standard InChI is InChI=1S/C15H26N2O2/c1-6-19-15(18)14-11-16(9-12(2)3)7-8-17(14)10-13(4)5/h14H,2,4,6-11H2,1,3,5H3. The summed E-state index contributed by atoms with van der Waals surface area (Å²) in [6.07, 6.45) is 0. The van der Waals surface area contributed by atoms with Gasteiger partial charge >= 0.3 is 5.97 Å². The summed E-state index contributed by atoms with van der Waals surface area (Å²) in [4.78, 5) is 16.5. The molecule has 1 unspecified atom stereocenters. The molecule has 1 atom stereocenters. The molecule has 1 fully saturated rings. The average Bonchev–Trinajstić information content (AvgIpc) is 2.30. The van der Waals surface area contributed by atoms with Crippen molar-refractivity contribution in [3.63, 3.8) is 0 Å². The van der Waals surface area contributed by atoms with Gasteiger partial charge in [-0.25, -0.2) is 0 Å². The summed E-state index contributed by atoms with van der Waals surface area (Å²) < 4.78 is 5.19. The first-order chi connectivity index (χ1) is 8.93. The minimum absolute atomic E-state index is 0.129. The molecule has 0 spiro atoms. The molecule has 0 amide bonds. The monoisotopic (exact) mass is 266 g/mol. The summed E-state index contributed by atoms with van der Waals surface area (Å²) >= 11 is 0. The Bertz CT molecular complexity index is 352. The lowest BCUT2D eigenvalue weighted by atomic mass is 10.1. The number of esters is 1. The maximum absolute atomic E-state index is 12.1. The van der Waals surface area contributed by atoms with Gasteiger partial charge in [0, 0.05) is 32.7 Å². The first-order valence-electron chi connectivity index (χ1n) is 6.85. The summed E-state index contributed by atoms with van der Waals surface area (Å²) in [7, 11) is 0. The molecule has 0 N–H and O–H groups in total. The molecule has 1 saturated heterocycles. The van der Waals surface area contributed by atoms with Crippen LogP contribution < -0.4 is 0 Å². The largest absolute Gasteiger partial charge is 0.465 e. The Kier molecular flexibility index (Phi) is 6.25. The van der Waals surface area contributed by atoms with Crippen LogP contribution in [0.1, 0.15) is 20.8 Å². The fourth-order valence-corrected chi connectivity index (χ4v) is 2.40. The number of piperazine rings is 1. The van der Waals surface area contributed by atoms with Crippen molar-refractivity contribution < 1.29 is 9.53 Å². The number of rotatable bonds is 6. The Labute approximate surface area is 116 Å². The summed E-state index contributed by atoms with van der Waals surface area (Å²) in [5.74, 6) is -0.129. The molecule has 1 rings (SSSR count). The fraction of sp³-hybridized carbons (Fsp3) is 0.667. The zero-order chi connectivity index (χ0) is 14.4. The second kappa shape index (κ2) is 7.46. The van der Waals surface area contributed by atoms with E-state index in [9.17, 15) is 4.79 Å². The summed E-state index contributed by atoms with van der Waals surface area (Å²) in [5.41, 5.74) is 2.19. The van der Waals surface area contributed by atoms with E-state index in [0.29, 0.717) is 13.2 Å². The van der Waals surface area contributed by atoms with E-state index in [4.69, 9.17) is 4.74 Å². The van der Waals surface area contributed by atoms with Crippen LogP contribution in [0.25, 0.3) is 0 Å². The van der Waals surface area contributed by atoms with E-state index < -0.39 is 0 Å². The second-order valence-electron chi connectivity index (χ2n) is 5.39. The maximum atomic E-state index is 12.1. The Balaban J connectivity index is 2.70. The van der Waals surface area contributed by atoms with Crippen LogP contribution in [-0.2, 0) is 9.53 Å². The van der Waals surface area contributed by atoms with E-state index in [1.807, 2.05) is 20.8 Å². The van der Waals surface area contributed by atoms with E-state index >= 15 is 0 Å². The Morgan fingerprint density at radius 3 is 2.37 bits per heavy atom. The summed E-state index contributed by atoms with van der Waals surface area (Å²) in [6, 6.07) is -0.190. The maximum Gasteiger partial charge on any atom is 0.324 e. The van der Waals surface area contributed by atoms with Crippen LogP contribution in [0.5, 0.6) is 0 Å². The molecule has 19 heavy (non-hydrogen) atoms. The predicted octanol–water partition coefficient (Wildman–Crippen LogP) is 1.69. The SMILES string of the molecule is C=C(C)CN1CCN(CC(=C)C)C(C(=O)OCC)C1. The van der Waals surface area contributed by atoms with Gasteiger partial charge in [-0.3, -0.25) is 14.6 Å². The van der Waals surface area contributed by atoms with Gasteiger partial charge in [-0.1, -0.05) is 24.3 Å². The third kappa shape index (κ3) is 5.17. The molecule has 0 aromatic carbocycles. The number of nitrogens with zero attached hydrogens (tertiary/aromatic N) is 2. The van der Waals surface area contributed by atoms with Crippen molar-refractivity contribution in [2.75, 3.05) is 39.3 Å². The van der Waals surface area contributed by atoms with Gasteiger partial charge in [-0.05, 0) is 20.8 Å². The lowest BCUT2D eigenvalue weighted by molar-refractivity contribution is -0.151. The van der Waals surface area contributed by atoms with Gasteiger partial charge in [0.15, 0.2) is 0 Å². The highest BCUT2D eigenvalue weighted by Gasteiger charge is 2.33. The quantitative estimate of drug-likeness (QED) is 0.541. The number of carbonyl (C=O) groups excluding carboxylic acids is 1. The Morgan fingerprint density at radius 1 is 1.21 bits per heavy atom. The summed E-state index contributed by atoms with van der Waals surface area (Å²) in [5, 5.41) is 0.